The minimum atomic E-state index is -0.485. The summed E-state index contributed by atoms with van der Waals surface area (Å²) in [6, 6.07) is 29.6. The van der Waals surface area contributed by atoms with Gasteiger partial charge >= 0.3 is 0 Å². The molecule has 5 rings (SSSR count). The minimum absolute atomic E-state index is 0.0350. The van der Waals surface area contributed by atoms with Crippen molar-refractivity contribution in [2.75, 3.05) is 23.8 Å². The van der Waals surface area contributed by atoms with Crippen molar-refractivity contribution in [3.63, 3.8) is 0 Å². The van der Waals surface area contributed by atoms with Crippen LogP contribution >= 0.6 is 0 Å². The van der Waals surface area contributed by atoms with Crippen molar-refractivity contribution in [2.45, 2.75) is 25.4 Å². The fourth-order valence-corrected chi connectivity index (χ4v) is 4.83. The Morgan fingerprint density at radius 1 is 0.868 bits per heavy atom. The van der Waals surface area contributed by atoms with E-state index >= 15 is 0 Å². The second-order valence-electron chi connectivity index (χ2n) is 9.40. The lowest BCUT2D eigenvalue weighted by atomic mass is 9.98. The number of aliphatic hydroxyl groups is 1. The summed E-state index contributed by atoms with van der Waals surface area (Å²) < 4.78 is 0. The zero-order chi connectivity index (χ0) is 26.2. The van der Waals surface area contributed by atoms with Gasteiger partial charge in [-0.25, -0.2) is 0 Å². The smallest absolute Gasteiger partial charge is 0.245 e. The highest BCUT2D eigenvalue weighted by atomic mass is 16.3. The van der Waals surface area contributed by atoms with Gasteiger partial charge in [0.1, 0.15) is 6.04 Å². The van der Waals surface area contributed by atoms with Crippen molar-refractivity contribution in [2.24, 2.45) is 0 Å². The minimum Gasteiger partial charge on any atom is -0.395 e. The van der Waals surface area contributed by atoms with Crippen molar-refractivity contribution >= 4 is 28.5 Å². The fraction of sp³-hybridized carbons (Fsp3) is 0.188. The highest BCUT2D eigenvalue weighted by Gasteiger charge is 2.27. The van der Waals surface area contributed by atoms with E-state index in [0.717, 1.165) is 29.0 Å². The van der Waals surface area contributed by atoms with Gasteiger partial charge < -0.3 is 20.6 Å². The summed E-state index contributed by atoms with van der Waals surface area (Å²) >= 11 is 0. The fourth-order valence-electron chi connectivity index (χ4n) is 4.83. The summed E-state index contributed by atoms with van der Waals surface area (Å²) in [5.74, 6) is -0.0350. The number of carbonyl (C=O) groups excluding carboxylic acids is 1. The molecule has 1 unspecified atom stereocenters. The maximum atomic E-state index is 14.0. The molecule has 1 atom stereocenters. The van der Waals surface area contributed by atoms with Crippen molar-refractivity contribution in [1.82, 2.24) is 9.88 Å². The lowest BCUT2D eigenvalue weighted by Gasteiger charge is -2.29. The summed E-state index contributed by atoms with van der Waals surface area (Å²) in [6.07, 6.45) is 7.16. The second kappa shape index (κ2) is 12.2. The molecule has 1 aromatic heterocycles. The lowest BCUT2D eigenvalue weighted by molar-refractivity contribution is -0.133. The van der Waals surface area contributed by atoms with E-state index in [1.165, 1.54) is 16.7 Å². The van der Waals surface area contributed by atoms with Gasteiger partial charge in [0.05, 0.1) is 6.61 Å². The van der Waals surface area contributed by atoms with E-state index in [0.29, 0.717) is 13.0 Å². The molecular weight excluding hydrogens is 472 g/mol. The number of fused-ring (bicyclic) bond motifs is 1. The lowest BCUT2D eigenvalue weighted by Crippen LogP contribution is -2.44. The van der Waals surface area contributed by atoms with Crippen LogP contribution in [0.25, 0.3) is 5.57 Å². The van der Waals surface area contributed by atoms with Crippen molar-refractivity contribution < 1.29 is 9.90 Å². The molecule has 0 saturated carbocycles. The number of carbonyl (C=O) groups is 1. The SMILES string of the molecule is O=C(C(CC1=CCc2ccccc21)Nc1ccc(Nc2ccncc2)cc1)N(CCO)Cc1ccccc1. The predicted octanol–water partition coefficient (Wildman–Crippen LogP) is 5.66. The van der Waals surface area contributed by atoms with Crippen LogP contribution < -0.4 is 10.6 Å². The molecular formula is C32H32N4O2. The van der Waals surface area contributed by atoms with Crippen LogP contribution in [0.4, 0.5) is 17.1 Å². The van der Waals surface area contributed by atoms with Gasteiger partial charge in [0, 0.05) is 49.0 Å². The first kappa shape index (κ1) is 25.2. The average molecular weight is 505 g/mol. The van der Waals surface area contributed by atoms with Crippen LogP contribution in [0.15, 0.2) is 109 Å². The summed E-state index contributed by atoms with van der Waals surface area (Å²) in [7, 11) is 0. The molecule has 0 radical (unpaired) electrons. The Morgan fingerprint density at radius 3 is 2.32 bits per heavy atom. The molecule has 3 N–H and O–H groups in total. The van der Waals surface area contributed by atoms with E-state index in [-0.39, 0.29) is 19.1 Å². The first-order chi connectivity index (χ1) is 18.7. The molecule has 6 heteroatoms. The first-order valence-electron chi connectivity index (χ1n) is 12.9. The van der Waals surface area contributed by atoms with Crippen LogP contribution in [0.5, 0.6) is 0 Å². The van der Waals surface area contributed by atoms with E-state index in [4.69, 9.17) is 0 Å². The number of amides is 1. The average Bonchev–Trinajstić information content (AvgIpc) is 3.37. The third-order valence-corrected chi connectivity index (χ3v) is 6.75. The van der Waals surface area contributed by atoms with Crippen LogP contribution in [-0.4, -0.2) is 40.1 Å². The number of aliphatic hydroxyl groups excluding tert-OH is 1. The molecule has 192 valence electrons. The first-order valence-corrected chi connectivity index (χ1v) is 12.9. The van der Waals surface area contributed by atoms with Gasteiger partial charge in [0.15, 0.2) is 0 Å². The molecule has 0 spiro atoms. The topological polar surface area (TPSA) is 77.5 Å². The Labute approximate surface area is 223 Å². The predicted molar refractivity (Wildman–Crippen MR) is 153 cm³/mol. The highest BCUT2D eigenvalue weighted by molar-refractivity contribution is 5.88. The number of nitrogens with one attached hydrogen (secondary N) is 2. The van der Waals surface area contributed by atoms with Crippen LogP contribution in [0.3, 0.4) is 0 Å². The van der Waals surface area contributed by atoms with Crippen LogP contribution in [0, 0.1) is 0 Å². The van der Waals surface area contributed by atoms with E-state index in [9.17, 15) is 9.90 Å². The van der Waals surface area contributed by atoms with Gasteiger partial charge in [-0.2, -0.15) is 0 Å². The normalized spacial score (nSPS) is 12.8. The maximum absolute atomic E-state index is 14.0. The number of aromatic nitrogens is 1. The number of anilines is 3. The number of allylic oxidation sites excluding steroid dienone is 1. The summed E-state index contributed by atoms with van der Waals surface area (Å²) in [4.78, 5) is 19.8. The largest absolute Gasteiger partial charge is 0.395 e. The number of benzene rings is 3. The summed E-state index contributed by atoms with van der Waals surface area (Å²) in [6.45, 7) is 0.630. The van der Waals surface area contributed by atoms with Gasteiger partial charge in [-0.3, -0.25) is 9.78 Å². The molecule has 0 saturated heterocycles. The highest BCUT2D eigenvalue weighted by Crippen LogP contribution is 2.32. The Balaban J connectivity index is 1.37. The number of rotatable bonds is 11. The Kier molecular flexibility index (Phi) is 8.11. The van der Waals surface area contributed by atoms with Gasteiger partial charge in [-0.15, -0.1) is 0 Å². The molecule has 3 aromatic carbocycles. The van der Waals surface area contributed by atoms with E-state index in [1.807, 2.05) is 72.8 Å². The summed E-state index contributed by atoms with van der Waals surface area (Å²) in [5.41, 5.74) is 7.47. The van der Waals surface area contributed by atoms with E-state index in [1.54, 1.807) is 17.3 Å². The molecule has 0 bridgehead atoms. The Morgan fingerprint density at radius 2 is 1.55 bits per heavy atom. The van der Waals surface area contributed by atoms with E-state index in [2.05, 4.69) is 39.9 Å². The third kappa shape index (κ3) is 6.28. The van der Waals surface area contributed by atoms with Crippen LogP contribution in [0.2, 0.25) is 0 Å². The zero-order valence-corrected chi connectivity index (χ0v) is 21.3. The molecule has 1 aliphatic carbocycles. The standard InChI is InChI=1S/C32H32N4O2/c37-21-20-36(23-24-6-2-1-3-7-24)32(38)31(22-26-11-10-25-8-4-5-9-30(25)26)35-28-14-12-27(13-15-28)34-29-16-18-33-19-17-29/h1-9,11-19,31,35,37H,10,20-23H2,(H,33,34). The van der Waals surface area contributed by atoms with Crippen molar-refractivity contribution in [3.05, 3.63) is 126 Å². The van der Waals surface area contributed by atoms with E-state index < -0.39 is 6.04 Å². The monoisotopic (exact) mass is 504 g/mol. The Bertz CT molecular complexity index is 1370. The molecule has 0 fully saturated rings. The van der Waals surface area contributed by atoms with Gasteiger partial charge in [-0.1, -0.05) is 60.7 Å². The second-order valence-corrected chi connectivity index (χ2v) is 9.40. The maximum Gasteiger partial charge on any atom is 0.245 e. The van der Waals surface area contributed by atoms with Gasteiger partial charge in [0.25, 0.3) is 0 Å². The van der Waals surface area contributed by atoms with Crippen LogP contribution in [-0.2, 0) is 17.8 Å². The molecule has 1 amide bonds. The van der Waals surface area contributed by atoms with Crippen molar-refractivity contribution in [3.8, 4) is 0 Å². The number of hydrogen-bond donors (Lipinski definition) is 3. The van der Waals surface area contributed by atoms with Crippen LogP contribution in [0.1, 0.15) is 23.1 Å². The molecule has 38 heavy (non-hydrogen) atoms. The van der Waals surface area contributed by atoms with Crippen molar-refractivity contribution in [1.29, 1.82) is 0 Å². The van der Waals surface area contributed by atoms with Gasteiger partial charge in [-0.05, 0) is 65.1 Å². The van der Waals surface area contributed by atoms with Gasteiger partial charge in [0.2, 0.25) is 5.91 Å². The zero-order valence-electron chi connectivity index (χ0n) is 21.3. The molecule has 4 aromatic rings. The molecule has 0 aliphatic heterocycles. The number of pyridine rings is 1. The molecule has 1 aliphatic rings. The molecule has 6 nitrogen and oxygen atoms in total. The number of nitrogens with zero attached hydrogens (tertiary/aromatic N) is 2. The number of hydrogen-bond acceptors (Lipinski definition) is 5. The Hall–Kier alpha value is -4.42. The quantitative estimate of drug-likeness (QED) is 0.246. The third-order valence-electron chi connectivity index (χ3n) is 6.75. The summed E-state index contributed by atoms with van der Waals surface area (Å²) in [5, 5.41) is 16.6. The molecule has 1 heterocycles.